The summed E-state index contributed by atoms with van der Waals surface area (Å²) in [5, 5.41) is 0. The van der Waals surface area contributed by atoms with Gasteiger partial charge in [0.15, 0.2) is 0 Å². The minimum Gasteiger partial charge on any atom is -0.469 e. The van der Waals surface area contributed by atoms with Gasteiger partial charge < -0.3 is 14.0 Å². The Morgan fingerprint density at radius 3 is 2.71 bits per heavy atom. The highest BCUT2D eigenvalue weighted by Gasteiger charge is 2.35. The number of nitrogens with zero attached hydrogens (tertiary/aromatic N) is 2. The van der Waals surface area contributed by atoms with E-state index in [9.17, 15) is 4.79 Å². The van der Waals surface area contributed by atoms with Crippen LogP contribution in [0.3, 0.4) is 0 Å². The fourth-order valence-electron chi connectivity index (χ4n) is 3.33. The van der Waals surface area contributed by atoms with Gasteiger partial charge in [0.2, 0.25) is 0 Å². The SMILES string of the molecule is COC(=O)[C@@H]1Cn2c(nc3ccccc32)CO[C@H]1c1ccccc1. The zero-order valence-corrected chi connectivity index (χ0v) is 13.4. The third-order valence-electron chi connectivity index (χ3n) is 4.50. The van der Waals surface area contributed by atoms with Gasteiger partial charge in [-0.2, -0.15) is 0 Å². The highest BCUT2D eigenvalue weighted by atomic mass is 16.5. The Kier molecular flexibility index (Phi) is 3.78. The Labute approximate surface area is 139 Å². The first-order chi connectivity index (χ1) is 11.8. The number of para-hydroxylation sites is 2. The number of imidazole rings is 1. The van der Waals surface area contributed by atoms with Crippen molar-refractivity contribution in [2.24, 2.45) is 5.92 Å². The van der Waals surface area contributed by atoms with Crippen molar-refractivity contribution >= 4 is 17.0 Å². The summed E-state index contributed by atoms with van der Waals surface area (Å²) in [4.78, 5) is 17.1. The molecule has 3 aromatic rings. The summed E-state index contributed by atoms with van der Waals surface area (Å²) < 4.78 is 13.2. The van der Waals surface area contributed by atoms with E-state index < -0.39 is 5.92 Å². The molecule has 1 aliphatic rings. The number of carbonyl (C=O) groups excluding carboxylic acids is 1. The van der Waals surface area contributed by atoms with Crippen molar-refractivity contribution in [2.45, 2.75) is 19.3 Å². The number of hydrogen-bond donors (Lipinski definition) is 0. The monoisotopic (exact) mass is 322 g/mol. The van der Waals surface area contributed by atoms with Gasteiger partial charge in [-0.15, -0.1) is 0 Å². The Morgan fingerprint density at radius 1 is 1.17 bits per heavy atom. The van der Waals surface area contributed by atoms with Gasteiger partial charge in [0.05, 0.1) is 24.2 Å². The van der Waals surface area contributed by atoms with E-state index in [1.807, 2.05) is 54.6 Å². The van der Waals surface area contributed by atoms with E-state index in [0.717, 1.165) is 22.4 Å². The zero-order chi connectivity index (χ0) is 16.5. The molecule has 2 atom stereocenters. The van der Waals surface area contributed by atoms with Crippen molar-refractivity contribution in [3.05, 3.63) is 66.0 Å². The molecule has 0 spiro atoms. The molecular weight excluding hydrogens is 304 g/mol. The summed E-state index contributed by atoms with van der Waals surface area (Å²) in [6.07, 6.45) is -0.348. The maximum Gasteiger partial charge on any atom is 0.313 e. The van der Waals surface area contributed by atoms with Gasteiger partial charge in [0.1, 0.15) is 18.3 Å². The van der Waals surface area contributed by atoms with E-state index in [1.54, 1.807) is 0 Å². The fraction of sp³-hybridized carbons (Fsp3) is 0.263. The molecule has 0 saturated heterocycles. The van der Waals surface area contributed by atoms with Crippen LogP contribution >= 0.6 is 0 Å². The molecule has 24 heavy (non-hydrogen) atoms. The largest absolute Gasteiger partial charge is 0.469 e. The molecule has 0 bridgehead atoms. The van der Waals surface area contributed by atoms with Gasteiger partial charge in [0.25, 0.3) is 0 Å². The van der Waals surface area contributed by atoms with Crippen LogP contribution in [0.2, 0.25) is 0 Å². The third-order valence-corrected chi connectivity index (χ3v) is 4.50. The molecule has 4 rings (SSSR count). The summed E-state index contributed by atoms with van der Waals surface area (Å²) in [7, 11) is 1.42. The van der Waals surface area contributed by atoms with E-state index in [1.165, 1.54) is 7.11 Å². The molecule has 0 aliphatic carbocycles. The van der Waals surface area contributed by atoms with Crippen LogP contribution in [0, 0.1) is 5.92 Å². The third kappa shape index (κ3) is 2.47. The standard InChI is InChI=1S/C19H18N2O3/c1-23-19(22)14-11-21-16-10-6-5-9-15(16)20-17(21)12-24-18(14)13-7-3-2-4-8-13/h2-10,14,18H,11-12H2,1H3/t14-,18+/m1/s1. The van der Waals surface area contributed by atoms with Crippen molar-refractivity contribution in [1.29, 1.82) is 0 Å². The van der Waals surface area contributed by atoms with Crippen molar-refractivity contribution in [3.63, 3.8) is 0 Å². The number of ether oxygens (including phenoxy) is 2. The van der Waals surface area contributed by atoms with Crippen molar-refractivity contribution in [3.8, 4) is 0 Å². The predicted molar refractivity (Wildman–Crippen MR) is 89.2 cm³/mol. The lowest BCUT2D eigenvalue weighted by Crippen LogP contribution is -2.27. The highest BCUT2D eigenvalue weighted by molar-refractivity contribution is 5.77. The number of methoxy groups -OCH3 is 1. The average Bonchev–Trinajstić information content (AvgIpc) is 2.87. The molecule has 122 valence electrons. The lowest BCUT2D eigenvalue weighted by molar-refractivity contribution is -0.152. The molecule has 0 radical (unpaired) electrons. The van der Waals surface area contributed by atoms with Gasteiger partial charge >= 0.3 is 5.97 Å². The molecule has 1 aromatic heterocycles. The number of rotatable bonds is 2. The number of aromatic nitrogens is 2. The Hall–Kier alpha value is -2.66. The summed E-state index contributed by atoms with van der Waals surface area (Å²) in [6, 6.07) is 17.7. The summed E-state index contributed by atoms with van der Waals surface area (Å²) in [5.41, 5.74) is 2.90. The Bertz CT molecular complexity index is 873. The van der Waals surface area contributed by atoms with Crippen LogP contribution in [0.5, 0.6) is 0 Å². The van der Waals surface area contributed by atoms with E-state index in [2.05, 4.69) is 9.55 Å². The number of benzene rings is 2. The van der Waals surface area contributed by atoms with Crippen LogP contribution in [0.15, 0.2) is 54.6 Å². The Morgan fingerprint density at radius 2 is 1.92 bits per heavy atom. The van der Waals surface area contributed by atoms with Gasteiger partial charge in [0, 0.05) is 6.54 Å². The molecule has 2 aromatic carbocycles. The maximum absolute atomic E-state index is 12.4. The molecular formula is C19H18N2O3. The molecule has 2 heterocycles. The second-order valence-corrected chi connectivity index (χ2v) is 5.90. The topological polar surface area (TPSA) is 53.4 Å². The van der Waals surface area contributed by atoms with E-state index in [4.69, 9.17) is 9.47 Å². The molecule has 0 fully saturated rings. The van der Waals surface area contributed by atoms with Crippen LogP contribution in [-0.4, -0.2) is 22.6 Å². The fourth-order valence-corrected chi connectivity index (χ4v) is 3.33. The van der Waals surface area contributed by atoms with Gasteiger partial charge in [-0.3, -0.25) is 4.79 Å². The minimum absolute atomic E-state index is 0.269. The van der Waals surface area contributed by atoms with Crippen LogP contribution < -0.4 is 0 Å². The first kappa shape index (κ1) is 14.9. The predicted octanol–water partition coefficient (Wildman–Crippen LogP) is 3.10. The van der Waals surface area contributed by atoms with Crippen molar-refractivity contribution in [1.82, 2.24) is 9.55 Å². The van der Waals surface area contributed by atoms with Crippen molar-refractivity contribution in [2.75, 3.05) is 7.11 Å². The first-order valence-electron chi connectivity index (χ1n) is 7.96. The minimum atomic E-state index is -0.420. The summed E-state index contributed by atoms with van der Waals surface area (Å²) in [5.74, 6) is 0.147. The van der Waals surface area contributed by atoms with Crippen LogP contribution in [0.4, 0.5) is 0 Å². The van der Waals surface area contributed by atoms with E-state index in [-0.39, 0.29) is 12.1 Å². The Balaban J connectivity index is 1.79. The number of fused-ring (bicyclic) bond motifs is 3. The zero-order valence-electron chi connectivity index (χ0n) is 13.4. The van der Waals surface area contributed by atoms with Crippen LogP contribution in [0.25, 0.3) is 11.0 Å². The normalized spacial score (nSPS) is 20.4. The van der Waals surface area contributed by atoms with E-state index in [0.29, 0.717) is 13.2 Å². The lowest BCUT2D eigenvalue weighted by atomic mass is 9.95. The smallest absolute Gasteiger partial charge is 0.313 e. The van der Waals surface area contributed by atoms with E-state index >= 15 is 0 Å². The van der Waals surface area contributed by atoms with Gasteiger partial charge in [-0.1, -0.05) is 42.5 Å². The maximum atomic E-state index is 12.4. The second-order valence-electron chi connectivity index (χ2n) is 5.90. The molecule has 0 saturated carbocycles. The quantitative estimate of drug-likeness (QED) is 0.680. The molecule has 5 heteroatoms. The van der Waals surface area contributed by atoms with Crippen LogP contribution in [0.1, 0.15) is 17.5 Å². The molecule has 0 N–H and O–H groups in total. The molecule has 5 nitrogen and oxygen atoms in total. The highest BCUT2D eigenvalue weighted by Crippen LogP contribution is 2.34. The van der Waals surface area contributed by atoms with Crippen LogP contribution in [-0.2, 0) is 27.4 Å². The molecule has 0 unspecified atom stereocenters. The first-order valence-corrected chi connectivity index (χ1v) is 7.96. The summed E-state index contributed by atoms with van der Waals surface area (Å²) in [6.45, 7) is 0.851. The second kappa shape index (κ2) is 6.09. The lowest BCUT2D eigenvalue weighted by Gasteiger charge is -2.23. The summed E-state index contributed by atoms with van der Waals surface area (Å²) >= 11 is 0. The average molecular weight is 322 g/mol. The molecule has 1 aliphatic heterocycles. The van der Waals surface area contributed by atoms with Crippen molar-refractivity contribution < 1.29 is 14.3 Å². The number of carbonyl (C=O) groups is 1. The molecule has 0 amide bonds. The number of esters is 1. The van der Waals surface area contributed by atoms with Gasteiger partial charge in [-0.25, -0.2) is 4.98 Å². The van der Waals surface area contributed by atoms with Gasteiger partial charge in [-0.05, 0) is 17.7 Å². The number of hydrogen-bond acceptors (Lipinski definition) is 4.